The molecule has 1 aliphatic heterocycles. The summed E-state index contributed by atoms with van der Waals surface area (Å²) in [7, 11) is 4.12. The van der Waals surface area contributed by atoms with Crippen LogP contribution in [0.3, 0.4) is 0 Å². The van der Waals surface area contributed by atoms with Gasteiger partial charge in [-0.2, -0.15) is 0 Å². The number of likely N-dealkylation sites (N-methyl/N-ethyl adjacent to an activating group) is 1. The number of halogens is 1. The van der Waals surface area contributed by atoms with Gasteiger partial charge in [-0.3, -0.25) is 0 Å². The van der Waals surface area contributed by atoms with Gasteiger partial charge >= 0.3 is 0 Å². The van der Waals surface area contributed by atoms with Crippen LogP contribution in [0, 0.1) is 12.7 Å². The van der Waals surface area contributed by atoms with Gasteiger partial charge in [0.15, 0.2) is 6.20 Å². The van der Waals surface area contributed by atoms with E-state index in [0.29, 0.717) is 11.1 Å². The Morgan fingerprint density at radius 1 is 0.906 bits per heavy atom. The van der Waals surface area contributed by atoms with Crippen molar-refractivity contribution in [2.24, 2.45) is 7.05 Å². The van der Waals surface area contributed by atoms with Gasteiger partial charge < -0.3 is 9.32 Å². The maximum Gasteiger partial charge on any atom is 0.216 e. The lowest BCUT2D eigenvalue weighted by Crippen LogP contribution is -2.30. The molecule has 4 heteroatoms. The molecule has 3 nitrogen and oxygen atoms in total. The Labute approximate surface area is 186 Å². The number of hydrogen-bond acceptors (Lipinski definition) is 2. The predicted molar refractivity (Wildman–Crippen MR) is 127 cm³/mol. The highest BCUT2D eigenvalue weighted by Crippen LogP contribution is 2.44. The second-order valence-corrected chi connectivity index (χ2v) is 8.71. The lowest BCUT2D eigenvalue weighted by atomic mass is 9.95. The normalized spacial score (nSPS) is 13.3. The van der Waals surface area contributed by atoms with E-state index in [1.54, 1.807) is 6.07 Å². The number of anilines is 1. The Balaban J connectivity index is 1.71. The van der Waals surface area contributed by atoms with Crippen LogP contribution in [0.1, 0.15) is 11.1 Å². The molecule has 0 N–H and O–H groups in total. The summed E-state index contributed by atoms with van der Waals surface area (Å²) in [5.74, 6) is -0.247. The summed E-state index contributed by atoms with van der Waals surface area (Å²) < 4.78 is 24.0. The SMILES string of the molecule is Cc1ccc2c(oc3c(-c4cccc5c4CCN5C)c(F)ccc32)c1-c1cccc[n+]1C. The molecule has 3 aromatic carbocycles. The molecule has 0 amide bonds. The predicted octanol–water partition coefficient (Wildman–Crippen LogP) is 6.18. The fourth-order valence-corrected chi connectivity index (χ4v) is 5.16. The Kier molecular flexibility index (Phi) is 4.12. The van der Waals surface area contributed by atoms with Gasteiger partial charge in [0, 0.05) is 42.2 Å². The summed E-state index contributed by atoms with van der Waals surface area (Å²) in [6.07, 6.45) is 2.94. The highest BCUT2D eigenvalue weighted by Gasteiger charge is 2.26. The molecule has 0 atom stereocenters. The van der Waals surface area contributed by atoms with Crippen LogP contribution in [0.5, 0.6) is 0 Å². The first kappa shape index (κ1) is 19.1. The molecular weight excluding hydrogens is 399 g/mol. The average Bonchev–Trinajstić information content (AvgIpc) is 3.35. The largest absolute Gasteiger partial charge is 0.454 e. The number of pyridine rings is 1. The second-order valence-electron chi connectivity index (χ2n) is 8.71. The van der Waals surface area contributed by atoms with Crippen molar-refractivity contribution in [3.63, 3.8) is 0 Å². The van der Waals surface area contributed by atoms with E-state index in [1.165, 1.54) is 11.3 Å². The van der Waals surface area contributed by atoms with Gasteiger partial charge in [-0.25, -0.2) is 8.96 Å². The number of fused-ring (bicyclic) bond motifs is 4. The van der Waals surface area contributed by atoms with Crippen molar-refractivity contribution in [3.8, 4) is 22.4 Å². The zero-order chi connectivity index (χ0) is 22.0. The lowest BCUT2D eigenvalue weighted by molar-refractivity contribution is -0.660. The lowest BCUT2D eigenvalue weighted by Gasteiger charge is -2.13. The molecule has 0 saturated carbocycles. The number of furan rings is 1. The van der Waals surface area contributed by atoms with E-state index >= 15 is 4.39 Å². The van der Waals surface area contributed by atoms with Gasteiger partial charge in [0.1, 0.15) is 24.0 Å². The topological polar surface area (TPSA) is 20.3 Å². The molecule has 0 aliphatic carbocycles. The third kappa shape index (κ3) is 2.62. The van der Waals surface area contributed by atoms with Crippen molar-refractivity contribution >= 4 is 27.6 Å². The van der Waals surface area contributed by atoms with E-state index in [4.69, 9.17) is 4.42 Å². The quantitative estimate of drug-likeness (QED) is 0.316. The number of aromatic nitrogens is 1. The third-order valence-electron chi connectivity index (χ3n) is 6.81. The van der Waals surface area contributed by atoms with E-state index in [-0.39, 0.29) is 5.82 Å². The minimum absolute atomic E-state index is 0.247. The maximum absolute atomic E-state index is 15.4. The van der Waals surface area contributed by atoms with E-state index < -0.39 is 0 Å². The van der Waals surface area contributed by atoms with Crippen LogP contribution in [0.4, 0.5) is 10.1 Å². The first-order chi connectivity index (χ1) is 15.5. The van der Waals surface area contributed by atoms with Crippen molar-refractivity contribution < 1.29 is 13.4 Å². The number of benzene rings is 3. The summed E-state index contributed by atoms with van der Waals surface area (Å²) >= 11 is 0. The fraction of sp³-hybridized carbons (Fsp3) is 0.179. The fourth-order valence-electron chi connectivity index (χ4n) is 5.16. The first-order valence-corrected chi connectivity index (χ1v) is 11.0. The van der Waals surface area contributed by atoms with Gasteiger partial charge in [0.2, 0.25) is 5.69 Å². The minimum Gasteiger partial charge on any atom is -0.454 e. The molecule has 0 bridgehead atoms. The number of aryl methyl sites for hydroxylation is 2. The van der Waals surface area contributed by atoms with Crippen LogP contribution < -0.4 is 9.47 Å². The number of hydrogen-bond donors (Lipinski definition) is 0. The Morgan fingerprint density at radius 3 is 2.50 bits per heavy atom. The van der Waals surface area contributed by atoms with E-state index in [1.807, 2.05) is 43.6 Å². The molecule has 6 rings (SSSR count). The number of rotatable bonds is 2. The Bertz CT molecular complexity index is 1530. The van der Waals surface area contributed by atoms with Crippen molar-refractivity contribution in [2.45, 2.75) is 13.3 Å². The number of nitrogens with zero attached hydrogens (tertiary/aromatic N) is 2. The van der Waals surface area contributed by atoms with Gasteiger partial charge in [-0.05, 0) is 54.3 Å². The molecule has 0 fully saturated rings. The molecule has 32 heavy (non-hydrogen) atoms. The Morgan fingerprint density at radius 2 is 1.69 bits per heavy atom. The van der Waals surface area contributed by atoms with Crippen LogP contribution in [-0.4, -0.2) is 13.6 Å². The van der Waals surface area contributed by atoms with Crippen LogP contribution in [0.15, 0.2) is 71.3 Å². The van der Waals surface area contributed by atoms with Gasteiger partial charge in [-0.15, -0.1) is 0 Å². The molecule has 3 heterocycles. The first-order valence-electron chi connectivity index (χ1n) is 11.0. The molecule has 0 radical (unpaired) electrons. The van der Waals surface area contributed by atoms with Crippen LogP contribution in [-0.2, 0) is 13.5 Å². The molecule has 5 aromatic rings. The van der Waals surface area contributed by atoms with Gasteiger partial charge in [0.25, 0.3) is 0 Å². The second kappa shape index (κ2) is 6.92. The summed E-state index contributed by atoms with van der Waals surface area (Å²) in [4.78, 5) is 2.23. The summed E-state index contributed by atoms with van der Waals surface area (Å²) in [5, 5.41) is 1.95. The molecule has 1 aliphatic rings. The monoisotopic (exact) mass is 423 g/mol. The Hall–Kier alpha value is -3.66. The zero-order valence-corrected chi connectivity index (χ0v) is 18.4. The van der Waals surface area contributed by atoms with Crippen molar-refractivity contribution in [1.82, 2.24) is 0 Å². The summed E-state index contributed by atoms with van der Waals surface area (Å²) in [6.45, 7) is 3.04. The molecule has 0 saturated heterocycles. The van der Waals surface area contributed by atoms with Crippen molar-refractivity contribution in [2.75, 3.05) is 18.5 Å². The summed E-state index contributed by atoms with van der Waals surface area (Å²) in [6, 6.07) is 19.9. The molecular formula is C28H24FN2O+. The van der Waals surface area contributed by atoms with Crippen LogP contribution in [0.25, 0.3) is 44.3 Å². The van der Waals surface area contributed by atoms with Crippen molar-refractivity contribution in [1.29, 1.82) is 0 Å². The van der Waals surface area contributed by atoms with Gasteiger partial charge in [0.05, 0.1) is 11.1 Å². The highest BCUT2D eigenvalue weighted by molar-refractivity contribution is 6.13. The average molecular weight is 424 g/mol. The molecule has 0 spiro atoms. The van der Waals surface area contributed by atoms with Crippen molar-refractivity contribution in [3.05, 3.63) is 83.8 Å². The zero-order valence-electron chi connectivity index (χ0n) is 18.4. The van der Waals surface area contributed by atoms with E-state index in [0.717, 1.165) is 51.7 Å². The van der Waals surface area contributed by atoms with E-state index in [2.05, 4.69) is 47.7 Å². The molecule has 2 aromatic heterocycles. The maximum atomic E-state index is 15.4. The van der Waals surface area contributed by atoms with E-state index in [9.17, 15) is 0 Å². The van der Waals surface area contributed by atoms with Crippen LogP contribution in [0.2, 0.25) is 0 Å². The third-order valence-corrected chi connectivity index (χ3v) is 6.81. The van der Waals surface area contributed by atoms with Gasteiger partial charge in [-0.1, -0.05) is 24.3 Å². The highest BCUT2D eigenvalue weighted by atomic mass is 19.1. The molecule has 0 unspecified atom stereocenters. The minimum atomic E-state index is -0.247. The molecule has 158 valence electrons. The van der Waals surface area contributed by atoms with Crippen LogP contribution >= 0.6 is 0 Å². The standard InChI is InChI=1S/C28H24FN2O/c1-17-10-11-20-21-12-13-22(29)26(19-7-6-9-23-18(19)14-16-31(23)3)28(21)32-27(20)25(17)24-8-4-5-15-30(24)2/h4-13,15H,14,16H2,1-3H3/q+1. The smallest absolute Gasteiger partial charge is 0.216 e. The summed E-state index contributed by atoms with van der Waals surface area (Å²) in [5.41, 5.74) is 8.51.